The van der Waals surface area contributed by atoms with Crippen LogP contribution in [0.5, 0.6) is 0 Å². The first kappa shape index (κ1) is 10.6. The van der Waals surface area contributed by atoms with Crippen LogP contribution in [0.3, 0.4) is 0 Å². The van der Waals surface area contributed by atoms with Crippen LogP contribution in [0.15, 0.2) is 30.5 Å². The quantitative estimate of drug-likeness (QED) is 0.724. The molecule has 90 valence electrons. The van der Waals surface area contributed by atoms with E-state index < -0.39 is 0 Å². The Hall–Kier alpha value is -2.50. The second-order valence-corrected chi connectivity index (χ2v) is 3.76. The van der Waals surface area contributed by atoms with E-state index in [1.807, 2.05) is 12.1 Å². The Morgan fingerprint density at radius 1 is 1.17 bits per heavy atom. The van der Waals surface area contributed by atoms with Crippen molar-refractivity contribution >= 4 is 17.0 Å². The van der Waals surface area contributed by atoms with Crippen LogP contribution in [0.4, 0.5) is 10.2 Å². The summed E-state index contributed by atoms with van der Waals surface area (Å²) in [5.41, 5.74) is 2.00. The molecule has 0 unspecified atom stereocenters. The van der Waals surface area contributed by atoms with Gasteiger partial charge >= 0.3 is 0 Å². The van der Waals surface area contributed by atoms with Gasteiger partial charge in [-0.3, -0.25) is 0 Å². The molecule has 3 aromatic rings. The summed E-state index contributed by atoms with van der Waals surface area (Å²) in [6.07, 6.45) is 1.16. The van der Waals surface area contributed by atoms with E-state index >= 15 is 0 Å². The second kappa shape index (κ2) is 4.06. The van der Waals surface area contributed by atoms with Crippen molar-refractivity contribution in [1.82, 2.24) is 19.9 Å². The van der Waals surface area contributed by atoms with Crippen molar-refractivity contribution in [3.05, 3.63) is 36.3 Å². The van der Waals surface area contributed by atoms with Gasteiger partial charge in [-0.25, -0.2) is 19.3 Å². The number of pyridine rings is 2. The highest BCUT2D eigenvalue weighted by molar-refractivity contribution is 5.76. The van der Waals surface area contributed by atoms with Gasteiger partial charge in [-0.2, -0.15) is 0 Å². The average molecular weight is 243 g/mol. The predicted octanol–water partition coefficient (Wildman–Crippen LogP) is 2.20. The maximum Gasteiger partial charge on any atom is 0.180 e. The number of imidazole rings is 1. The topological polar surface area (TPSA) is 66.5 Å². The lowest BCUT2D eigenvalue weighted by molar-refractivity contribution is 0.621. The summed E-state index contributed by atoms with van der Waals surface area (Å²) in [6, 6.07) is 6.66. The number of fused-ring (bicyclic) bond motifs is 1. The van der Waals surface area contributed by atoms with Gasteiger partial charge in [-0.1, -0.05) is 0 Å². The van der Waals surface area contributed by atoms with Gasteiger partial charge in [0.15, 0.2) is 11.5 Å². The molecule has 0 aliphatic carbocycles. The molecule has 0 amide bonds. The number of aromatic amines is 1. The van der Waals surface area contributed by atoms with Crippen LogP contribution in [0, 0.1) is 5.82 Å². The Balaban J connectivity index is 2.10. The van der Waals surface area contributed by atoms with Crippen LogP contribution in [0.25, 0.3) is 22.7 Å². The lowest BCUT2D eigenvalue weighted by Crippen LogP contribution is -1.91. The molecule has 0 aromatic carbocycles. The van der Waals surface area contributed by atoms with Crippen LogP contribution in [-0.4, -0.2) is 27.0 Å². The number of aromatic nitrogens is 4. The number of rotatable bonds is 2. The SMILES string of the molecule is CNc1ccc2[nH]c(-c3ccc(F)cn3)nc2n1. The molecule has 3 heterocycles. The van der Waals surface area contributed by atoms with Crippen molar-refractivity contribution in [1.29, 1.82) is 0 Å². The van der Waals surface area contributed by atoms with Gasteiger partial charge in [0, 0.05) is 7.05 Å². The third-order valence-corrected chi connectivity index (χ3v) is 2.57. The predicted molar refractivity (Wildman–Crippen MR) is 66.6 cm³/mol. The molecule has 0 aliphatic heterocycles. The molecule has 0 fully saturated rings. The summed E-state index contributed by atoms with van der Waals surface area (Å²) < 4.78 is 12.8. The Kier molecular flexibility index (Phi) is 2.40. The first-order valence-electron chi connectivity index (χ1n) is 5.43. The highest BCUT2D eigenvalue weighted by atomic mass is 19.1. The molecule has 6 heteroatoms. The summed E-state index contributed by atoms with van der Waals surface area (Å²) >= 11 is 0. The zero-order valence-corrected chi connectivity index (χ0v) is 9.61. The number of nitrogens with one attached hydrogen (secondary N) is 2. The van der Waals surface area contributed by atoms with Crippen LogP contribution >= 0.6 is 0 Å². The molecule has 0 saturated heterocycles. The summed E-state index contributed by atoms with van der Waals surface area (Å²) in [5.74, 6) is 0.948. The van der Waals surface area contributed by atoms with Crippen LogP contribution < -0.4 is 5.32 Å². The molecule has 0 radical (unpaired) electrons. The summed E-state index contributed by atoms with van der Waals surface area (Å²) in [7, 11) is 1.79. The Morgan fingerprint density at radius 3 is 2.78 bits per heavy atom. The third-order valence-electron chi connectivity index (χ3n) is 2.57. The maximum atomic E-state index is 12.8. The van der Waals surface area contributed by atoms with E-state index in [2.05, 4.69) is 25.3 Å². The number of nitrogens with zero attached hydrogens (tertiary/aromatic N) is 3. The number of hydrogen-bond acceptors (Lipinski definition) is 4. The summed E-state index contributed by atoms with van der Waals surface area (Å²) in [5, 5.41) is 2.95. The van der Waals surface area contributed by atoms with E-state index in [-0.39, 0.29) is 5.82 Å². The number of H-pyrrole nitrogens is 1. The molecule has 3 rings (SSSR count). The van der Waals surface area contributed by atoms with Crippen molar-refractivity contribution in [3.63, 3.8) is 0 Å². The molecule has 3 aromatic heterocycles. The third kappa shape index (κ3) is 1.77. The van der Waals surface area contributed by atoms with E-state index in [4.69, 9.17) is 0 Å². The molecular weight excluding hydrogens is 233 g/mol. The van der Waals surface area contributed by atoms with E-state index in [0.717, 1.165) is 17.5 Å². The van der Waals surface area contributed by atoms with E-state index in [9.17, 15) is 4.39 Å². The fraction of sp³-hybridized carbons (Fsp3) is 0.0833. The maximum absolute atomic E-state index is 12.8. The first-order chi connectivity index (χ1) is 8.76. The van der Waals surface area contributed by atoms with Crippen molar-refractivity contribution in [3.8, 4) is 11.5 Å². The lowest BCUT2D eigenvalue weighted by Gasteiger charge is -1.95. The summed E-state index contributed by atoms with van der Waals surface area (Å²) in [6.45, 7) is 0. The highest BCUT2D eigenvalue weighted by Gasteiger charge is 2.07. The van der Waals surface area contributed by atoms with Crippen LogP contribution in [0.2, 0.25) is 0 Å². The number of anilines is 1. The Morgan fingerprint density at radius 2 is 2.06 bits per heavy atom. The lowest BCUT2D eigenvalue weighted by atomic mass is 10.3. The van der Waals surface area contributed by atoms with E-state index in [0.29, 0.717) is 17.2 Å². The van der Waals surface area contributed by atoms with Gasteiger partial charge in [-0.05, 0) is 24.3 Å². The first-order valence-corrected chi connectivity index (χ1v) is 5.43. The van der Waals surface area contributed by atoms with Crippen molar-refractivity contribution in [2.24, 2.45) is 0 Å². The molecule has 2 N–H and O–H groups in total. The Bertz CT molecular complexity index is 689. The van der Waals surface area contributed by atoms with Crippen LogP contribution in [0.1, 0.15) is 0 Å². The largest absolute Gasteiger partial charge is 0.373 e. The Labute approximate surface area is 102 Å². The molecule has 18 heavy (non-hydrogen) atoms. The highest BCUT2D eigenvalue weighted by Crippen LogP contribution is 2.18. The van der Waals surface area contributed by atoms with E-state index in [1.54, 1.807) is 13.1 Å². The van der Waals surface area contributed by atoms with Crippen molar-refractivity contribution in [2.75, 3.05) is 12.4 Å². The average Bonchev–Trinajstić information content (AvgIpc) is 2.82. The van der Waals surface area contributed by atoms with Gasteiger partial charge in [0.2, 0.25) is 0 Å². The number of hydrogen-bond donors (Lipinski definition) is 2. The van der Waals surface area contributed by atoms with E-state index in [1.165, 1.54) is 6.07 Å². The molecule has 5 nitrogen and oxygen atoms in total. The molecular formula is C12H10FN5. The van der Waals surface area contributed by atoms with Crippen molar-refractivity contribution in [2.45, 2.75) is 0 Å². The standard InChI is InChI=1S/C12H10FN5/c1-14-10-5-4-9-12(17-10)18-11(16-9)8-3-2-7(13)6-15-8/h2-6H,1H3,(H2,14,16,17,18). The van der Waals surface area contributed by atoms with Gasteiger partial charge < -0.3 is 10.3 Å². The van der Waals surface area contributed by atoms with Gasteiger partial charge in [0.05, 0.1) is 11.7 Å². The fourth-order valence-electron chi connectivity index (χ4n) is 1.67. The fourth-order valence-corrected chi connectivity index (χ4v) is 1.67. The zero-order chi connectivity index (χ0) is 12.5. The van der Waals surface area contributed by atoms with Crippen LogP contribution in [-0.2, 0) is 0 Å². The monoisotopic (exact) mass is 243 g/mol. The molecule has 0 aliphatic rings. The second-order valence-electron chi connectivity index (χ2n) is 3.76. The molecule has 0 spiro atoms. The van der Waals surface area contributed by atoms with Gasteiger partial charge in [0.1, 0.15) is 17.3 Å². The summed E-state index contributed by atoms with van der Waals surface area (Å²) in [4.78, 5) is 15.7. The molecule has 0 bridgehead atoms. The minimum Gasteiger partial charge on any atom is -0.373 e. The number of halogens is 1. The smallest absolute Gasteiger partial charge is 0.180 e. The van der Waals surface area contributed by atoms with Gasteiger partial charge in [0.25, 0.3) is 0 Å². The van der Waals surface area contributed by atoms with Crippen molar-refractivity contribution < 1.29 is 4.39 Å². The minimum absolute atomic E-state index is 0.370. The minimum atomic E-state index is -0.370. The zero-order valence-electron chi connectivity index (χ0n) is 9.61. The van der Waals surface area contributed by atoms with Gasteiger partial charge in [-0.15, -0.1) is 0 Å². The molecule has 0 saturated carbocycles. The normalized spacial score (nSPS) is 10.8. The molecule has 0 atom stereocenters.